The minimum atomic E-state index is -1.31. The molecule has 0 saturated carbocycles. The largest absolute Gasteiger partial charge is 0.467 e. The minimum Gasteiger partial charge on any atom is -0.467 e. The number of amides is 1. The van der Waals surface area contributed by atoms with Crippen molar-refractivity contribution in [3.63, 3.8) is 0 Å². The number of carbonyl (C=O) groups excluding carboxylic acids is 3. The second kappa shape index (κ2) is 11.3. The van der Waals surface area contributed by atoms with Gasteiger partial charge in [-0.3, -0.25) is 0 Å². The lowest BCUT2D eigenvalue weighted by molar-refractivity contribution is -0.143. The number of methoxy groups -OCH3 is 1. The number of esters is 2. The Labute approximate surface area is 185 Å². The van der Waals surface area contributed by atoms with E-state index in [9.17, 15) is 14.4 Å². The Hall–Kier alpha value is -4.13. The van der Waals surface area contributed by atoms with Gasteiger partial charge in [0.25, 0.3) is 6.29 Å². The molecule has 0 aliphatic carbocycles. The average Bonchev–Trinajstić information content (AvgIpc) is 2.84. The standard InChI is InChI=1S/C25H23NO6/c1-30-23(28)21(17-18-11-5-2-6-12-18)26-25(29)32-24(20-15-9-4-10-16-20)31-22(27)19-13-7-3-8-14-19/h2-16,21,24H,17H2,1H3,(H,26,29). The van der Waals surface area contributed by atoms with Gasteiger partial charge in [-0.15, -0.1) is 0 Å². The van der Waals surface area contributed by atoms with Crippen LogP contribution >= 0.6 is 0 Å². The molecule has 0 spiro atoms. The number of rotatable bonds is 8. The molecular weight excluding hydrogens is 410 g/mol. The molecule has 0 aliphatic rings. The van der Waals surface area contributed by atoms with E-state index in [1.807, 2.05) is 30.3 Å². The highest BCUT2D eigenvalue weighted by Crippen LogP contribution is 2.21. The Morgan fingerprint density at radius 2 is 1.34 bits per heavy atom. The summed E-state index contributed by atoms with van der Waals surface area (Å²) in [5.74, 6) is -1.27. The van der Waals surface area contributed by atoms with Crippen LogP contribution in [0.4, 0.5) is 4.79 Å². The predicted octanol–water partition coefficient (Wildman–Crippen LogP) is 4.05. The highest BCUT2D eigenvalue weighted by Gasteiger charge is 2.27. The van der Waals surface area contributed by atoms with Crippen LogP contribution in [0.5, 0.6) is 0 Å². The van der Waals surface area contributed by atoms with Crippen LogP contribution in [-0.2, 0) is 25.4 Å². The van der Waals surface area contributed by atoms with Crippen molar-refractivity contribution in [1.29, 1.82) is 0 Å². The van der Waals surface area contributed by atoms with Gasteiger partial charge in [-0.25, -0.2) is 14.4 Å². The van der Waals surface area contributed by atoms with Crippen LogP contribution in [0.3, 0.4) is 0 Å². The molecule has 2 atom stereocenters. The van der Waals surface area contributed by atoms with Crippen molar-refractivity contribution in [2.24, 2.45) is 0 Å². The zero-order chi connectivity index (χ0) is 22.8. The van der Waals surface area contributed by atoms with E-state index in [0.717, 1.165) is 5.56 Å². The Balaban J connectivity index is 1.73. The second-order valence-electron chi connectivity index (χ2n) is 6.83. The number of hydrogen-bond donors (Lipinski definition) is 1. The monoisotopic (exact) mass is 433 g/mol. The SMILES string of the molecule is COC(=O)C(Cc1ccccc1)NC(=O)OC(OC(=O)c1ccccc1)c1ccccc1. The van der Waals surface area contributed by atoms with Crippen molar-refractivity contribution >= 4 is 18.0 Å². The lowest BCUT2D eigenvalue weighted by atomic mass is 10.1. The Morgan fingerprint density at radius 3 is 1.94 bits per heavy atom. The number of hydrogen-bond acceptors (Lipinski definition) is 6. The van der Waals surface area contributed by atoms with Crippen molar-refractivity contribution in [2.75, 3.05) is 7.11 Å². The summed E-state index contributed by atoms with van der Waals surface area (Å²) in [5, 5.41) is 2.50. The molecule has 0 radical (unpaired) electrons. The van der Waals surface area contributed by atoms with E-state index >= 15 is 0 Å². The lowest BCUT2D eigenvalue weighted by Gasteiger charge is -2.21. The minimum absolute atomic E-state index is 0.211. The van der Waals surface area contributed by atoms with Crippen molar-refractivity contribution in [3.8, 4) is 0 Å². The van der Waals surface area contributed by atoms with Crippen LogP contribution in [0, 0.1) is 0 Å². The lowest BCUT2D eigenvalue weighted by Crippen LogP contribution is -2.43. The van der Waals surface area contributed by atoms with Gasteiger partial charge in [0.05, 0.1) is 12.7 Å². The molecule has 0 saturated heterocycles. The van der Waals surface area contributed by atoms with Gasteiger partial charge in [-0.1, -0.05) is 78.9 Å². The van der Waals surface area contributed by atoms with Gasteiger partial charge in [-0.05, 0) is 17.7 Å². The molecule has 3 aromatic carbocycles. The van der Waals surface area contributed by atoms with Gasteiger partial charge < -0.3 is 19.5 Å². The zero-order valence-electron chi connectivity index (χ0n) is 17.5. The van der Waals surface area contributed by atoms with Gasteiger partial charge in [0.1, 0.15) is 6.04 Å². The van der Waals surface area contributed by atoms with Crippen molar-refractivity contribution in [2.45, 2.75) is 18.8 Å². The fraction of sp³-hybridized carbons (Fsp3) is 0.160. The van der Waals surface area contributed by atoms with E-state index in [-0.39, 0.29) is 6.42 Å². The van der Waals surface area contributed by atoms with Crippen molar-refractivity contribution < 1.29 is 28.6 Å². The number of alkyl carbamates (subject to hydrolysis) is 1. The van der Waals surface area contributed by atoms with Gasteiger partial charge in [0, 0.05) is 12.0 Å². The second-order valence-corrected chi connectivity index (χ2v) is 6.83. The summed E-state index contributed by atoms with van der Waals surface area (Å²) in [6, 6.07) is 25.1. The molecule has 3 aromatic rings. The van der Waals surface area contributed by atoms with E-state index in [2.05, 4.69) is 5.32 Å². The molecule has 3 rings (SSSR count). The maximum absolute atomic E-state index is 12.6. The third kappa shape index (κ3) is 6.43. The van der Waals surface area contributed by atoms with E-state index in [4.69, 9.17) is 14.2 Å². The summed E-state index contributed by atoms with van der Waals surface area (Å²) in [4.78, 5) is 37.3. The van der Waals surface area contributed by atoms with Crippen LogP contribution in [0.1, 0.15) is 27.8 Å². The first-order chi connectivity index (χ1) is 15.6. The molecule has 1 amide bonds. The molecule has 32 heavy (non-hydrogen) atoms. The van der Waals surface area contributed by atoms with Crippen molar-refractivity contribution in [3.05, 3.63) is 108 Å². The maximum atomic E-state index is 12.6. The molecule has 2 unspecified atom stereocenters. The number of carbonyl (C=O) groups is 3. The molecule has 164 valence electrons. The van der Waals surface area contributed by atoms with Crippen molar-refractivity contribution in [1.82, 2.24) is 5.32 Å². The van der Waals surface area contributed by atoms with Gasteiger partial charge >= 0.3 is 18.0 Å². The molecule has 0 heterocycles. The number of benzene rings is 3. The quantitative estimate of drug-likeness (QED) is 0.426. The normalized spacial score (nSPS) is 12.2. The Kier molecular flexibility index (Phi) is 7.97. The first kappa shape index (κ1) is 22.6. The molecule has 0 bridgehead atoms. The molecular formula is C25H23NO6. The summed E-state index contributed by atoms with van der Waals surface area (Å²) >= 11 is 0. The topological polar surface area (TPSA) is 90.9 Å². The summed E-state index contributed by atoms with van der Waals surface area (Å²) in [7, 11) is 1.24. The molecule has 7 nitrogen and oxygen atoms in total. The third-order valence-electron chi connectivity index (χ3n) is 4.57. The van der Waals surface area contributed by atoms with Gasteiger partial charge in [0.15, 0.2) is 0 Å². The highest BCUT2D eigenvalue weighted by molar-refractivity contribution is 5.89. The summed E-state index contributed by atoms with van der Waals surface area (Å²) in [5.41, 5.74) is 1.61. The highest BCUT2D eigenvalue weighted by atomic mass is 16.7. The number of nitrogens with one attached hydrogen (secondary N) is 1. The smallest absolute Gasteiger partial charge is 0.411 e. The summed E-state index contributed by atoms with van der Waals surface area (Å²) in [6.45, 7) is 0. The predicted molar refractivity (Wildman–Crippen MR) is 117 cm³/mol. The first-order valence-corrected chi connectivity index (χ1v) is 9.96. The average molecular weight is 433 g/mol. The molecule has 7 heteroatoms. The van der Waals surface area contributed by atoms with Crippen LogP contribution in [0.25, 0.3) is 0 Å². The van der Waals surface area contributed by atoms with Gasteiger partial charge in [0.2, 0.25) is 0 Å². The molecule has 0 aromatic heterocycles. The summed E-state index contributed by atoms with van der Waals surface area (Å²) in [6.07, 6.45) is -2.02. The van der Waals surface area contributed by atoms with Crippen LogP contribution in [-0.4, -0.2) is 31.2 Å². The first-order valence-electron chi connectivity index (χ1n) is 9.96. The van der Waals surface area contributed by atoms with E-state index in [1.165, 1.54) is 7.11 Å². The van der Waals surface area contributed by atoms with Crippen LogP contribution in [0.15, 0.2) is 91.0 Å². The zero-order valence-corrected chi connectivity index (χ0v) is 17.5. The van der Waals surface area contributed by atoms with Crippen LogP contribution in [0.2, 0.25) is 0 Å². The molecule has 0 fully saturated rings. The third-order valence-corrected chi connectivity index (χ3v) is 4.57. The van der Waals surface area contributed by atoms with E-state index < -0.39 is 30.4 Å². The van der Waals surface area contributed by atoms with E-state index in [1.54, 1.807) is 60.7 Å². The Bertz CT molecular complexity index is 1020. The van der Waals surface area contributed by atoms with Crippen LogP contribution < -0.4 is 5.32 Å². The molecule has 0 aliphatic heterocycles. The maximum Gasteiger partial charge on any atom is 0.411 e. The number of ether oxygens (including phenoxy) is 3. The van der Waals surface area contributed by atoms with Gasteiger partial charge in [-0.2, -0.15) is 0 Å². The summed E-state index contributed by atoms with van der Waals surface area (Å²) < 4.78 is 15.6. The van der Waals surface area contributed by atoms with E-state index in [0.29, 0.717) is 11.1 Å². The fourth-order valence-electron chi connectivity index (χ4n) is 2.97. The fourth-order valence-corrected chi connectivity index (χ4v) is 2.97. The Morgan fingerprint density at radius 1 is 0.781 bits per heavy atom. The molecule has 1 N–H and O–H groups in total.